The first-order valence-electron chi connectivity index (χ1n) is 13.5. The number of aliphatic hydroxyl groups is 1. The van der Waals surface area contributed by atoms with Gasteiger partial charge in [-0.25, -0.2) is 14.5 Å². The Morgan fingerprint density at radius 1 is 1.03 bits per heavy atom. The van der Waals surface area contributed by atoms with E-state index in [0.29, 0.717) is 23.2 Å². The molecule has 6 aliphatic rings. The number of aryl methyl sites for hydroxylation is 1. The highest BCUT2D eigenvalue weighted by Crippen LogP contribution is 2.56. The fourth-order valence-corrected chi connectivity index (χ4v) is 7.60. The van der Waals surface area contributed by atoms with Crippen LogP contribution in [0.25, 0.3) is 0 Å². The van der Waals surface area contributed by atoms with Crippen LogP contribution in [-0.4, -0.2) is 71.7 Å². The number of carbonyl (C=O) groups excluding carboxylic acids is 1. The normalized spacial score (nSPS) is 27.9. The molecule has 9 heteroatoms. The lowest BCUT2D eigenvalue weighted by Gasteiger charge is -2.63. The first-order valence-corrected chi connectivity index (χ1v) is 13.5. The van der Waals surface area contributed by atoms with Gasteiger partial charge in [-0.05, 0) is 70.3 Å². The van der Waals surface area contributed by atoms with Crippen LogP contribution in [0.2, 0.25) is 0 Å². The van der Waals surface area contributed by atoms with Crippen molar-refractivity contribution in [3.8, 4) is 0 Å². The van der Waals surface area contributed by atoms with Crippen molar-refractivity contribution in [2.75, 3.05) is 26.2 Å². The van der Waals surface area contributed by atoms with Crippen LogP contribution < -0.4 is 0 Å². The molecule has 35 heavy (non-hydrogen) atoms. The molecule has 0 bridgehead atoms. The lowest BCUT2D eigenvalue weighted by Crippen LogP contribution is -2.71. The van der Waals surface area contributed by atoms with Crippen molar-refractivity contribution >= 4 is 6.03 Å². The predicted molar refractivity (Wildman–Crippen MR) is 126 cm³/mol. The van der Waals surface area contributed by atoms with E-state index in [0.717, 1.165) is 70.0 Å². The molecule has 4 aliphatic carbocycles. The third-order valence-electron chi connectivity index (χ3n) is 9.81. The molecule has 0 aromatic carbocycles. The second-order valence-electron chi connectivity index (χ2n) is 13.1. The summed E-state index contributed by atoms with van der Waals surface area (Å²) < 4.78 is 4.22. The lowest BCUT2D eigenvalue weighted by atomic mass is 9.57. The zero-order valence-corrected chi connectivity index (χ0v) is 20.6. The Morgan fingerprint density at radius 2 is 1.69 bits per heavy atom. The highest BCUT2D eigenvalue weighted by atomic mass is 16.3. The molecule has 2 aromatic rings. The van der Waals surface area contributed by atoms with Crippen molar-refractivity contribution in [3.05, 3.63) is 29.6 Å². The Balaban J connectivity index is 0.795. The molecular formula is C26H35N7O2. The highest BCUT2D eigenvalue weighted by molar-refractivity contribution is 5.77. The SMILES string of the molecule is Cc1cc(C2CC2)n(CC2CC3(C2)CN(C(=O)N2CC4(CC(n5cnc(C6(O)CC6)n5)C4)C2)C3)n1. The van der Waals surface area contributed by atoms with Gasteiger partial charge in [-0.2, -0.15) is 10.2 Å². The summed E-state index contributed by atoms with van der Waals surface area (Å²) in [6, 6.07) is 2.88. The van der Waals surface area contributed by atoms with Gasteiger partial charge in [0.1, 0.15) is 11.9 Å². The van der Waals surface area contributed by atoms with E-state index in [4.69, 9.17) is 5.10 Å². The minimum atomic E-state index is -0.765. The highest BCUT2D eigenvalue weighted by Gasteiger charge is 2.59. The van der Waals surface area contributed by atoms with Crippen LogP contribution in [0, 0.1) is 23.7 Å². The monoisotopic (exact) mass is 477 g/mol. The molecule has 0 radical (unpaired) electrons. The van der Waals surface area contributed by atoms with Crippen LogP contribution in [0.3, 0.4) is 0 Å². The third kappa shape index (κ3) is 3.22. The molecule has 8 rings (SSSR count). The summed E-state index contributed by atoms with van der Waals surface area (Å²) >= 11 is 0. The fourth-order valence-electron chi connectivity index (χ4n) is 7.60. The smallest absolute Gasteiger partial charge is 0.320 e. The topological polar surface area (TPSA) is 92.3 Å². The Bertz CT molecular complexity index is 1180. The van der Waals surface area contributed by atoms with Crippen molar-refractivity contribution in [3.63, 3.8) is 0 Å². The second-order valence-corrected chi connectivity index (χ2v) is 13.1. The van der Waals surface area contributed by atoms with Gasteiger partial charge in [0.2, 0.25) is 0 Å². The average Bonchev–Trinajstić information content (AvgIpc) is 3.61. The molecule has 1 N–H and O–H groups in total. The van der Waals surface area contributed by atoms with Crippen molar-refractivity contribution in [2.24, 2.45) is 16.7 Å². The number of hydrogen-bond acceptors (Lipinski definition) is 5. The predicted octanol–water partition coefficient (Wildman–Crippen LogP) is 2.81. The molecule has 2 saturated heterocycles. The summed E-state index contributed by atoms with van der Waals surface area (Å²) in [6.07, 6.45) is 10.5. The number of amides is 2. The zero-order valence-electron chi connectivity index (χ0n) is 20.6. The second kappa shape index (κ2) is 6.66. The van der Waals surface area contributed by atoms with E-state index in [-0.39, 0.29) is 11.4 Å². The van der Waals surface area contributed by atoms with Gasteiger partial charge in [0, 0.05) is 55.2 Å². The van der Waals surface area contributed by atoms with Gasteiger partial charge in [-0.1, -0.05) is 0 Å². The van der Waals surface area contributed by atoms with E-state index in [1.165, 1.54) is 31.4 Å². The average molecular weight is 478 g/mol. The standard InChI is InChI=1S/C26H35N7O2/c1-17-6-21(19-2-3-19)32(28-17)11-18-7-24(8-18)12-30(13-24)23(34)31-14-25(15-31)9-20(10-25)33-16-27-22(29-33)26(35)4-5-26/h6,16,18-20,35H,2-5,7-15H2,1H3. The minimum Gasteiger partial charge on any atom is -0.382 e. The molecule has 2 amide bonds. The molecule has 2 spiro atoms. The van der Waals surface area contributed by atoms with Crippen molar-refractivity contribution in [2.45, 2.75) is 82.4 Å². The number of hydrogen-bond donors (Lipinski definition) is 1. The number of aromatic nitrogens is 5. The largest absolute Gasteiger partial charge is 0.382 e. The Hall–Kier alpha value is -2.42. The van der Waals surface area contributed by atoms with Gasteiger partial charge in [0.25, 0.3) is 0 Å². The first-order chi connectivity index (χ1) is 16.8. The van der Waals surface area contributed by atoms with E-state index >= 15 is 0 Å². The maximum Gasteiger partial charge on any atom is 0.320 e. The number of urea groups is 1. The van der Waals surface area contributed by atoms with Crippen molar-refractivity contribution in [1.29, 1.82) is 0 Å². The van der Waals surface area contributed by atoms with E-state index in [1.54, 1.807) is 6.33 Å². The van der Waals surface area contributed by atoms with Crippen molar-refractivity contribution in [1.82, 2.24) is 34.3 Å². The zero-order chi connectivity index (χ0) is 23.6. The molecule has 0 atom stereocenters. The molecule has 6 fully saturated rings. The molecule has 0 unspecified atom stereocenters. The summed E-state index contributed by atoms with van der Waals surface area (Å²) in [5.74, 6) is 2.04. The van der Waals surface area contributed by atoms with Gasteiger partial charge < -0.3 is 14.9 Å². The summed E-state index contributed by atoms with van der Waals surface area (Å²) in [4.78, 5) is 21.5. The van der Waals surface area contributed by atoms with Crippen LogP contribution in [0.4, 0.5) is 4.79 Å². The third-order valence-corrected chi connectivity index (χ3v) is 9.81. The molecule has 2 aliphatic heterocycles. The summed E-state index contributed by atoms with van der Waals surface area (Å²) in [6.45, 7) is 6.79. The molecule has 2 aromatic heterocycles. The Morgan fingerprint density at radius 3 is 2.31 bits per heavy atom. The van der Waals surface area contributed by atoms with Gasteiger partial charge in [0.15, 0.2) is 5.82 Å². The molecule has 9 nitrogen and oxygen atoms in total. The molecule has 186 valence electrons. The van der Waals surface area contributed by atoms with Gasteiger partial charge >= 0.3 is 6.03 Å². The number of nitrogens with zero attached hydrogens (tertiary/aromatic N) is 7. The van der Waals surface area contributed by atoms with Gasteiger partial charge in [-0.15, -0.1) is 0 Å². The maximum atomic E-state index is 13.0. The fraction of sp³-hybridized carbons (Fsp3) is 0.769. The Labute approximate surface area is 205 Å². The van der Waals surface area contributed by atoms with E-state index in [1.807, 2.05) is 9.58 Å². The van der Waals surface area contributed by atoms with Crippen LogP contribution in [0.15, 0.2) is 12.4 Å². The Kier molecular flexibility index (Phi) is 3.95. The number of likely N-dealkylation sites (tertiary alicyclic amines) is 2. The minimum absolute atomic E-state index is 0.242. The first kappa shape index (κ1) is 20.7. The van der Waals surface area contributed by atoms with Crippen LogP contribution in [0.1, 0.15) is 80.5 Å². The molecule has 4 saturated carbocycles. The summed E-state index contributed by atoms with van der Waals surface area (Å²) in [7, 11) is 0. The van der Waals surface area contributed by atoms with Crippen LogP contribution >= 0.6 is 0 Å². The van der Waals surface area contributed by atoms with E-state index in [9.17, 15) is 9.90 Å². The number of carbonyl (C=O) groups is 1. The molecular weight excluding hydrogens is 442 g/mol. The summed E-state index contributed by atoms with van der Waals surface area (Å²) in [5.41, 5.74) is 2.48. The van der Waals surface area contributed by atoms with Crippen molar-refractivity contribution < 1.29 is 9.90 Å². The molecule has 4 heterocycles. The van der Waals surface area contributed by atoms with E-state index in [2.05, 4.69) is 32.7 Å². The number of rotatable bonds is 5. The lowest BCUT2D eigenvalue weighted by molar-refractivity contribution is -0.109. The van der Waals surface area contributed by atoms with Gasteiger partial charge in [0.05, 0.1) is 11.7 Å². The maximum absolute atomic E-state index is 13.0. The van der Waals surface area contributed by atoms with E-state index < -0.39 is 5.60 Å². The van der Waals surface area contributed by atoms with Gasteiger partial charge in [-0.3, -0.25) is 4.68 Å². The summed E-state index contributed by atoms with van der Waals surface area (Å²) in [5, 5.41) is 19.5. The van der Waals surface area contributed by atoms with Crippen LogP contribution in [0.5, 0.6) is 0 Å². The van der Waals surface area contributed by atoms with Crippen LogP contribution in [-0.2, 0) is 12.1 Å². The quantitative estimate of drug-likeness (QED) is 0.715.